The predicted octanol–water partition coefficient (Wildman–Crippen LogP) is 3.02. The lowest BCUT2D eigenvalue weighted by Gasteiger charge is -2.38. The van der Waals surface area contributed by atoms with Crippen LogP contribution in [0.15, 0.2) is 0 Å². The van der Waals surface area contributed by atoms with Crippen LogP contribution in [0, 0.1) is 11.3 Å². The van der Waals surface area contributed by atoms with Gasteiger partial charge in [-0.3, -0.25) is 0 Å². The molecule has 1 aliphatic carbocycles. The van der Waals surface area contributed by atoms with E-state index in [1.165, 1.54) is 71.0 Å². The van der Waals surface area contributed by atoms with Gasteiger partial charge in [0.15, 0.2) is 0 Å². The van der Waals surface area contributed by atoms with Crippen LogP contribution in [-0.2, 0) is 0 Å². The Morgan fingerprint density at radius 1 is 1.18 bits per heavy atom. The van der Waals surface area contributed by atoms with Gasteiger partial charge in [0.2, 0.25) is 0 Å². The summed E-state index contributed by atoms with van der Waals surface area (Å²) in [6, 6.07) is 0. The van der Waals surface area contributed by atoms with Crippen molar-refractivity contribution in [3.8, 4) is 0 Å². The maximum Gasteiger partial charge on any atom is 0.00501 e. The summed E-state index contributed by atoms with van der Waals surface area (Å²) in [6.07, 6.45) is 11.2. The third kappa shape index (κ3) is 3.45. The van der Waals surface area contributed by atoms with Crippen LogP contribution in [0.3, 0.4) is 0 Å². The van der Waals surface area contributed by atoms with E-state index in [0.29, 0.717) is 5.41 Å². The summed E-state index contributed by atoms with van der Waals surface area (Å²) in [6.45, 7) is 7.15. The summed E-state index contributed by atoms with van der Waals surface area (Å²) in [5.74, 6) is 1.01. The minimum absolute atomic E-state index is 0.484. The molecule has 100 valence electrons. The Kier molecular flexibility index (Phi) is 4.87. The standard InChI is InChI=1S/C15H30N2/c1-2-5-14-6-10-17(11-7-14)13-15(12-16)8-3-4-9-15/h14H,2-13,16H2,1H3. The summed E-state index contributed by atoms with van der Waals surface area (Å²) in [4.78, 5) is 2.70. The quantitative estimate of drug-likeness (QED) is 0.798. The zero-order valence-electron chi connectivity index (χ0n) is 11.6. The number of nitrogens with two attached hydrogens (primary N) is 1. The van der Waals surface area contributed by atoms with Crippen molar-refractivity contribution >= 4 is 0 Å². The highest BCUT2D eigenvalue weighted by atomic mass is 15.1. The lowest BCUT2D eigenvalue weighted by molar-refractivity contribution is 0.113. The molecule has 2 aliphatic rings. The maximum atomic E-state index is 6.03. The van der Waals surface area contributed by atoms with E-state index >= 15 is 0 Å². The van der Waals surface area contributed by atoms with E-state index in [1.54, 1.807) is 0 Å². The van der Waals surface area contributed by atoms with Crippen LogP contribution >= 0.6 is 0 Å². The first kappa shape index (κ1) is 13.4. The summed E-state index contributed by atoms with van der Waals surface area (Å²) in [7, 11) is 0. The topological polar surface area (TPSA) is 29.3 Å². The number of likely N-dealkylation sites (tertiary alicyclic amines) is 1. The lowest BCUT2D eigenvalue weighted by atomic mass is 9.84. The SMILES string of the molecule is CCCC1CCN(CC2(CN)CCCC2)CC1. The molecule has 2 nitrogen and oxygen atoms in total. The normalized spacial score (nSPS) is 26.5. The molecule has 2 rings (SSSR count). The minimum Gasteiger partial charge on any atom is -0.330 e. The molecule has 0 spiro atoms. The van der Waals surface area contributed by atoms with Crippen molar-refractivity contribution < 1.29 is 0 Å². The van der Waals surface area contributed by atoms with Gasteiger partial charge < -0.3 is 10.6 Å². The van der Waals surface area contributed by atoms with E-state index in [9.17, 15) is 0 Å². The fourth-order valence-electron chi connectivity index (χ4n) is 3.87. The first-order valence-corrected chi connectivity index (χ1v) is 7.70. The molecular weight excluding hydrogens is 208 g/mol. The van der Waals surface area contributed by atoms with Gasteiger partial charge in [0.05, 0.1) is 0 Å². The van der Waals surface area contributed by atoms with Crippen LogP contribution in [0.1, 0.15) is 58.3 Å². The molecule has 1 heterocycles. The number of rotatable bonds is 5. The molecule has 17 heavy (non-hydrogen) atoms. The van der Waals surface area contributed by atoms with Gasteiger partial charge in [-0.2, -0.15) is 0 Å². The van der Waals surface area contributed by atoms with Gasteiger partial charge in [-0.15, -0.1) is 0 Å². The highest BCUT2D eigenvalue weighted by Crippen LogP contribution is 2.38. The second-order valence-corrected chi connectivity index (χ2v) is 6.42. The molecule has 0 aromatic rings. The molecule has 2 heteroatoms. The molecule has 0 atom stereocenters. The molecule has 0 aromatic carbocycles. The van der Waals surface area contributed by atoms with Gasteiger partial charge in [0.25, 0.3) is 0 Å². The summed E-state index contributed by atoms with van der Waals surface area (Å²) in [5.41, 5.74) is 6.52. The van der Waals surface area contributed by atoms with E-state index in [4.69, 9.17) is 5.73 Å². The molecule has 0 unspecified atom stereocenters. The molecule has 0 radical (unpaired) electrons. The Hall–Kier alpha value is -0.0800. The van der Waals surface area contributed by atoms with Gasteiger partial charge >= 0.3 is 0 Å². The number of hydrogen-bond donors (Lipinski definition) is 1. The van der Waals surface area contributed by atoms with Crippen LogP contribution < -0.4 is 5.73 Å². The largest absolute Gasteiger partial charge is 0.330 e. The first-order valence-electron chi connectivity index (χ1n) is 7.70. The molecule has 1 aliphatic heterocycles. The van der Waals surface area contributed by atoms with Crippen LogP contribution in [0.4, 0.5) is 0 Å². The Balaban J connectivity index is 1.77. The molecule has 2 N–H and O–H groups in total. The first-order chi connectivity index (χ1) is 8.28. The average Bonchev–Trinajstić information content (AvgIpc) is 2.81. The minimum atomic E-state index is 0.484. The highest BCUT2D eigenvalue weighted by Gasteiger charge is 2.34. The van der Waals surface area contributed by atoms with Crippen LogP contribution in [0.5, 0.6) is 0 Å². The Bertz CT molecular complexity index is 213. The van der Waals surface area contributed by atoms with Crippen LogP contribution in [0.25, 0.3) is 0 Å². The van der Waals surface area contributed by atoms with Gasteiger partial charge in [-0.05, 0) is 56.7 Å². The monoisotopic (exact) mass is 238 g/mol. The second kappa shape index (κ2) is 6.19. The van der Waals surface area contributed by atoms with Crippen molar-refractivity contribution in [1.29, 1.82) is 0 Å². The van der Waals surface area contributed by atoms with Crippen molar-refractivity contribution in [2.24, 2.45) is 17.1 Å². The molecule has 2 fully saturated rings. The molecule has 1 saturated carbocycles. The Morgan fingerprint density at radius 3 is 2.35 bits per heavy atom. The van der Waals surface area contributed by atoms with Crippen LogP contribution in [0.2, 0.25) is 0 Å². The van der Waals surface area contributed by atoms with Crippen molar-refractivity contribution in [2.75, 3.05) is 26.2 Å². The number of hydrogen-bond acceptors (Lipinski definition) is 2. The predicted molar refractivity (Wildman–Crippen MR) is 74.0 cm³/mol. The maximum absolute atomic E-state index is 6.03. The molecule has 0 amide bonds. The third-order valence-corrected chi connectivity index (χ3v) is 5.06. The van der Waals surface area contributed by atoms with Gasteiger partial charge in [-0.25, -0.2) is 0 Å². The zero-order chi connectivity index (χ0) is 12.1. The number of nitrogens with zero attached hydrogens (tertiary/aromatic N) is 1. The molecule has 0 aromatic heterocycles. The molecule has 0 bridgehead atoms. The van der Waals surface area contributed by atoms with Crippen molar-refractivity contribution in [1.82, 2.24) is 4.90 Å². The van der Waals surface area contributed by atoms with E-state index < -0.39 is 0 Å². The third-order valence-electron chi connectivity index (χ3n) is 5.06. The smallest absolute Gasteiger partial charge is 0.00501 e. The van der Waals surface area contributed by atoms with E-state index in [-0.39, 0.29) is 0 Å². The summed E-state index contributed by atoms with van der Waals surface area (Å²) >= 11 is 0. The number of piperidine rings is 1. The Labute approximate surface area is 107 Å². The fraction of sp³-hybridized carbons (Fsp3) is 1.00. The van der Waals surface area contributed by atoms with E-state index in [1.807, 2.05) is 0 Å². The fourth-order valence-corrected chi connectivity index (χ4v) is 3.87. The highest BCUT2D eigenvalue weighted by molar-refractivity contribution is 4.89. The lowest BCUT2D eigenvalue weighted by Crippen LogP contribution is -2.44. The van der Waals surface area contributed by atoms with Gasteiger partial charge in [0, 0.05) is 6.54 Å². The summed E-state index contributed by atoms with van der Waals surface area (Å²) in [5, 5.41) is 0. The zero-order valence-corrected chi connectivity index (χ0v) is 11.6. The van der Waals surface area contributed by atoms with Crippen LogP contribution in [-0.4, -0.2) is 31.1 Å². The van der Waals surface area contributed by atoms with Crippen molar-refractivity contribution in [3.05, 3.63) is 0 Å². The Morgan fingerprint density at radius 2 is 1.82 bits per heavy atom. The second-order valence-electron chi connectivity index (χ2n) is 6.42. The molecule has 1 saturated heterocycles. The van der Waals surface area contributed by atoms with E-state index in [2.05, 4.69) is 11.8 Å². The van der Waals surface area contributed by atoms with E-state index in [0.717, 1.165) is 12.5 Å². The van der Waals surface area contributed by atoms with Gasteiger partial charge in [0.1, 0.15) is 0 Å². The van der Waals surface area contributed by atoms with Gasteiger partial charge in [-0.1, -0.05) is 32.6 Å². The van der Waals surface area contributed by atoms with Crippen molar-refractivity contribution in [3.63, 3.8) is 0 Å². The summed E-state index contributed by atoms with van der Waals surface area (Å²) < 4.78 is 0. The van der Waals surface area contributed by atoms with Crippen molar-refractivity contribution in [2.45, 2.75) is 58.3 Å². The average molecular weight is 238 g/mol. The molecular formula is C15H30N2.